The Kier molecular flexibility index (Phi) is 7.18. The average molecular weight is 359 g/mol. The largest absolute Gasteiger partial charge is 0.378 e. The van der Waals surface area contributed by atoms with Gasteiger partial charge in [0.1, 0.15) is 0 Å². The number of morpholine rings is 1. The van der Waals surface area contributed by atoms with E-state index in [2.05, 4.69) is 53.6 Å². The third-order valence-corrected chi connectivity index (χ3v) is 5.43. The van der Waals surface area contributed by atoms with Crippen LogP contribution in [0.2, 0.25) is 0 Å². The van der Waals surface area contributed by atoms with E-state index in [1.807, 2.05) is 0 Å². The molecule has 1 saturated heterocycles. The lowest BCUT2D eigenvalue weighted by Gasteiger charge is -2.29. The summed E-state index contributed by atoms with van der Waals surface area (Å²) in [4.78, 5) is 7.18. The zero-order valence-corrected chi connectivity index (χ0v) is 16.3. The maximum atomic E-state index is 5.43. The van der Waals surface area contributed by atoms with E-state index >= 15 is 0 Å². The Morgan fingerprint density at radius 3 is 2.46 bits per heavy atom. The number of rotatable bonds is 5. The third kappa shape index (κ3) is 5.63. The first kappa shape index (κ1) is 19.0. The normalized spacial score (nSPS) is 24.4. The Balaban J connectivity index is 1.54. The van der Waals surface area contributed by atoms with Gasteiger partial charge in [-0.15, -0.1) is 0 Å². The summed E-state index contributed by atoms with van der Waals surface area (Å²) in [5.41, 5.74) is 2.53. The molecule has 26 heavy (non-hydrogen) atoms. The van der Waals surface area contributed by atoms with Gasteiger partial charge in [0.15, 0.2) is 5.96 Å². The molecule has 0 spiro atoms. The Hall–Kier alpha value is -1.75. The molecular weight excluding hydrogens is 324 g/mol. The molecule has 1 aromatic rings. The summed E-state index contributed by atoms with van der Waals surface area (Å²) in [6.45, 7) is 9.69. The molecule has 144 valence electrons. The van der Waals surface area contributed by atoms with E-state index in [-0.39, 0.29) is 0 Å². The number of benzene rings is 1. The lowest BCUT2D eigenvalue weighted by atomic mass is 9.87. The minimum atomic E-state index is 0.563. The molecule has 1 aromatic carbocycles. The Morgan fingerprint density at radius 1 is 1.12 bits per heavy atom. The Bertz CT molecular complexity index is 558. The second-order valence-corrected chi connectivity index (χ2v) is 7.56. The van der Waals surface area contributed by atoms with Crippen LogP contribution in [0.25, 0.3) is 0 Å². The van der Waals surface area contributed by atoms with Crippen LogP contribution in [0, 0.1) is 5.92 Å². The number of guanidine groups is 1. The van der Waals surface area contributed by atoms with E-state index < -0.39 is 0 Å². The second kappa shape index (κ2) is 9.81. The van der Waals surface area contributed by atoms with E-state index in [1.165, 1.54) is 36.9 Å². The fourth-order valence-corrected chi connectivity index (χ4v) is 3.72. The molecule has 3 rings (SSSR count). The van der Waals surface area contributed by atoms with Crippen LogP contribution in [0.1, 0.15) is 45.1 Å². The van der Waals surface area contributed by atoms with Crippen LogP contribution in [0.15, 0.2) is 29.3 Å². The van der Waals surface area contributed by atoms with Gasteiger partial charge in [-0.25, -0.2) is 4.99 Å². The maximum Gasteiger partial charge on any atom is 0.191 e. The van der Waals surface area contributed by atoms with E-state index in [0.29, 0.717) is 12.6 Å². The lowest BCUT2D eigenvalue weighted by molar-refractivity contribution is 0.122. The summed E-state index contributed by atoms with van der Waals surface area (Å²) < 4.78 is 5.43. The SMILES string of the molecule is CCNC(=NCc1ccc(N2CCOCC2)cc1)NC1CCC(C)CC1. The van der Waals surface area contributed by atoms with Crippen LogP contribution in [-0.4, -0.2) is 44.8 Å². The lowest BCUT2D eigenvalue weighted by Crippen LogP contribution is -2.44. The zero-order valence-electron chi connectivity index (χ0n) is 16.3. The number of ether oxygens (including phenoxy) is 1. The molecule has 5 heteroatoms. The van der Waals surface area contributed by atoms with Gasteiger partial charge in [0.05, 0.1) is 19.8 Å². The maximum absolute atomic E-state index is 5.43. The molecule has 1 saturated carbocycles. The van der Waals surface area contributed by atoms with Gasteiger partial charge in [-0.2, -0.15) is 0 Å². The van der Waals surface area contributed by atoms with Gasteiger partial charge >= 0.3 is 0 Å². The average Bonchev–Trinajstić information content (AvgIpc) is 2.69. The van der Waals surface area contributed by atoms with Crippen molar-refractivity contribution >= 4 is 11.6 Å². The van der Waals surface area contributed by atoms with E-state index in [4.69, 9.17) is 9.73 Å². The summed E-state index contributed by atoms with van der Waals surface area (Å²) >= 11 is 0. The minimum absolute atomic E-state index is 0.563. The number of nitrogens with zero attached hydrogens (tertiary/aromatic N) is 2. The number of nitrogens with one attached hydrogen (secondary N) is 2. The monoisotopic (exact) mass is 358 g/mol. The van der Waals surface area contributed by atoms with Crippen LogP contribution < -0.4 is 15.5 Å². The number of hydrogen-bond donors (Lipinski definition) is 2. The van der Waals surface area contributed by atoms with Crippen LogP contribution in [0.3, 0.4) is 0 Å². The quantitative estimate of drug-likeness (QED) is 0.627. The van der Waals surface area contributed by atoms with Gasteiger partial charge < -0.3 is 20.3 Å². The van der Waals surface area contributed by atoms with Gasteiger partial charge in [-0.05, 0) is 56.2 Å². The highest BCUT2D eigenvalue weighted by Gasteiger charge is 2.18. The topological polar surface area (TPSA) is 48.9 Å². The number of hydrogen-bond acceptors (Lipinski definition) is 3. The van der Waals surface area contributed by atoms with Crippen LogP contribution in [-0.2, 0) is 11.3 Å². The molecule has 2 N–H and O–H groups in total. The molecule has 0 atom stereocenters. The summed E-state index contributed by atoms with van der Waals surface area (Å²) in [7, 11) is 0. The van der Waals surface area contributed by atoms with E-state index in [0.717, 1.165) is 44.7 Å². The van der Waals surface area contributed by atoms with Gasteiger partial charge in [-0.1, -0.05) is 19.1 Å². The van der Waals surface area contributed by atoms with Crippen LogP contribution >= 0.6 is 0 Å². The molecule has 2 aliphatic rings. The first-order chi connectivity index (χ1) is 12.7. The summed E-state index contributed by atoms with van der Waals surface area (Å²) in [5, 5.41) is 7.02. The molecule has 2 fully saturated rings. The van der Waals surface area contributed by atoms with Crippen molar-refractivity contribution in [1.82, 2.24) is 10.6 Å². The van der Waals surface area contributed by atoms with Crippen molar-refractivity contribution in [3.8, 4) is 0 Å². The first-order valence-electron chi connectivity index (χ1n) is 10.2. The van der Waals surface area contributed by atoms with E-state index in [9.17, 15) is 0 Å². The first-order valence-corrected chi connectivity index (χ1v) is 10.2. The molecule has 1 heterocycles. The molecule has 0 bridgehead atoms. The highest BCUT2D eigenvalue weighted by molar-refractivity contribution is 5.80. The van der Waals surface area contributed by atoms with Crippen molar-refractivity contribution in [3.63, 3.8) is 0 Å². The summed E-state index contributed by atoms with van der Waals surface area (Å²) in [6, 6.07) is 9.37. The van der Waals surface area contributed by atoms with Crippen molar-refractivity contribution in [3.05, 3.63) is 29.8 Å². The highest BCUT2D eigenvalue weighted by Crippen LogP contribution is 2.23. The van der Waals surface area contributed by atoms with Gasteiger partial charge in [0, 0.05) is 31.4 Å². The molecule has 5 nitrogen and oxygen atoms in total. The zero-order chi connectivity index (χ0) is 18.2. The molecule has 0 unspecified atom stereocenters. The van der Waals surface area contributed by atoms with E-state index in [1.54, 1.807) is 0 Å². The fraction of sp³-hybridized carbons (Fsp3) is 0.667. The number of aliphatic imine (C=N–C) groups is 1. The molecule has 0 radical (unpaired) electrons. The van der Waals surface area contributed by atoms with Gasteiger partial charge in [0.25, 0.3) is 0 Å². The molecule has 1 aliphatic heterocycles. The summed E-state index contributed by atoms with van der Waals surface area (Å²) in [5.74, 6) is 1.82. The predicted octanol–water partition coefficient (Wildman–Crippen LogP) is 3.16. The second-order valence-electron chi connectivity index (χ2n) is 7.56. The third-order valence-electron chi connectivity index (χ3n) is 5.43. The van der Waals surface area contributed by atoms with Gasteiger partial charge in [-0.3, -0.25) is 0 Å². The smallest absolute Gasteiger partial charge is 0.191 e. The van der Waals surface area contributed by atoms with Crippen molar-refractivity contribution in [2.45, 2.75) is 52.1 Å². The van der Waals surface area contributed by atoms with Crippen LogP contribution in [0.4, 0.5) is 5.69 Å². The Labute approximate surface area is 158 Å². The van der Waals surface area contributed by atoms with Gasteiger partial charge in [0.2, 0.25) is 0 Å². The Morgan fingerprint density at radius 2 is 1.81 bits per heavy atom. The van der Waals surface area contributed by atoms with Crippen molar-refractivity contribution < 1.29 is 4.74 Å². The molecular formula is C21H34N4O. The predicted molar refractivity (Wildman–Crippen MR) is 109 cm³/mol. The van der Waals surface area contributed by atoms with Crippen LogP contribution in [0.5, 0.6) is 0 Å². The highest BCUT2D eigenvalue weighted by atomic mass is 16.5. The minimum Gasteiger partial charge on any atom is -0.378 e. The van der Waals surface area contributed by atoms with Crippen molar-refractivity contribution in [1.29, 1.82) is 0 Å². The van der Waals surface area contributed by atoms with Crippen molar-refractivity contribution in [2.24, 2.45) is 10.9 Å². The van der Waals surface area contributed by atoms with Crippen molar-refractivity contribution in [2.75, 3.05) is 37.7 Å². The summed E-state index contributed by atoms with van der Waals surface area (Å²) in [6.07, 6.45) is 5.14. The fourth-order valence-electron chi connectivity index (χ4n) is 3.72. The standard InChI is InChI=1S/C21H34N4O/c1-3-22-21(24-19-8-4-17(2)5-9-19)23-16-18-6-10-20(11-7-18)25-12-14-26-15-13-25/h6-7,10-11,17,19H,3-5,8-9,12-16H2,1-2H3,(H2,22,23,24). The number of anilines is 1. The molecule has 0 aromatic heterocycles. The molecule has 1 aliphatic carbocycles. The molecule has 0 amide bonds.